The number of piperidine rings is 1. The molecule has 4 nitrogen and oxygen atoms in total. The van der Waals surface area contributed by atoms with E-state index in [4.69, 9.17) is 0 Å². The highest BCUT2D eigenvalue weighted by molar-refractivity contribution is 5.79. The molecule has 120 valence electrons. The molecule has 1 amide bonds. The van der Waals surface area contributed by atoms with Gasteiger partial charge in [-0.3, -0.25) is 4.79 Å². The first kappa shape index (κ1) is 15.5. The van der Waals surface area contributed by atoms with Crippen molar-refractivity contribution in [3.05, 3.63) is 35.9 Å². The summed E-state index contributed by atoms with van der Waals surface area (Å²) in [7, 11) is 0. The molecule has 22 heavy (non-hydrogen) atoms. The van der Waals surface area contributed by atoms with E-state index in [2.05, 4.69) is 5.32 Å². The van der Waals surface area contributed by atoms with Gasteiger partial charge in [-0.2, -0.15) is 0 Å². The molecule has 4 heteroatoms. The van der Waals surface area contributed by atoms with Crippen LogP contribution in [0.2, 0.25) is 0 Å². The average molecular weight is 302 g/mol. The Bertz CT molecular complexity index is 485. The summed E-state index contributed by atoms with van der Waals surface area (Å²) in [5, 5.41) is 13.8. The van der Waals surface area contributed by atoms with Gasteiger partial charge in [-0.05, 0) is 50.8 Å². The number of aliphatic hydroxyl groups excluding tert-OH is 1. The van der Waals surface area contributed by atoms with Crippen LogP contribution >= 0.6 is 0 Å². The third kappa shape index (κ3) is 3.50. The highest BCUT2D eigenvalue weighted by atomic mass is 16.3. The molecule has 2 atom stereocenters. The first-order valence-corrected chi connectivity index (χ1v) is 8.50. The molecule has 0 bridgehead atoms. The highest BCUT2D eigenvalue weighted by Gasteiger charge is 2.34. The summed E-state index contributed by atoms with van der Waals surface area (Å²) in [6, 6.07) is 9.96. The van der Waals surface area contributed by atoms with Gasteiger partial charge in [0.1, 0.15) is 0 Å². The zero-order valence-corrected chi connectivity index (χ0v) is 13.1. The normalized spacial score (nSPS) is 24.4. The fraction of sp³-hybridized carbons (Fsp3) is 0.611. The molecule has 1 aromatic rings. The minimum absolute atomic E-state index is 0.177. The van der Waals surface area contributed by atoms with Gasteiger partial charge < -0.3 is 15.3 Å². The summed E-state index contributed by atoms with van der Waals surface area (Å²) in [6.45, 7) is 2.75. The van der Waals surface area contributed by atoms with Gasteiger partial charge in [0, 0.05) is 18.5 Å². The van der Waals surface area contributed by atoms with E-state index in [-0.39, 0.29) is 12.0 Å². The van der Waals surface area contributed by atoms with Gasteiger partial charge in [0.25, 0.3) is 0 Å². The van der Waals surface area contributed by atoms with Crippen LogP contribution in [0, 0.1) is 5.92 Å². The van der Waals surface area contributed by atoms with Gasteiger partial charge in [0.2, 0.25) is 5.91 Å². The number of nitrogens with one attached hydrogen (secondary N) is 1. The Kier molecular flexibility index (Phi) is 5.11. The number of benzene rings is 1. The number of nitrogens with zero attached hydrogens (tertiary/aromatic N) is 1. The second-order valence-corrected chi connectivity index (χ2v) is 6.51. The summed E-state index contributed by atoms with van der Waals surface area (Å²) < 4.78 is 0. The average Bonchev–Trinajstić information content (AvgIpc) is 3.04. The minimum Gasteiger partial charge on any atom is -0.388 e. The SMILES string of the molecule is O=C(C1CCNCC1)N1CCC[C@@H]1C[C@@H](O)c1ccccc1. The number of rotatable bonds is 4. The maximum atomic E-state index is 12.7. The number of hydrogen-bond donors (Lipinski definition) is 2. The van der Waals surface area contributed by atoms with Crippen molar-refractivity contribution in [1.29, 1.82) is 0 Å². The van der Waals surface area contributed by atoms with Gasteiger partial charge in [0.15, 0.2) is 0 Å². The molecule has 0 saturated carbocycles. The summed E-state index contributed by atoms with van der Waals surface area (Å²) in [5.74, 6) is 0.486. The first-order valence-electron chi connectivity index (χ1n) is 8.50. The van der Waals surface area contributed by atoms with E-state index >= 15 is 0 Å². The molecule has 2 N–H and O–H groups in total. The number of aliphatic hydroxyl groups is 1. The number of amides is 1. The summed E-state index contributed by atoms with van der Waals surface area (Å²) in [6.07, 6.45) is 4.14. The second-order valence-electron chi connectivity index (χ2n) is 6.51. The zero-order chi connectivity index (χ0) is 15.4. The third-order valence-electron chi connectivity index (χ3n) is 5.03. The Morgan fingerprint density at radius 3 is 2.68 bits per heavy atom. The Morgan fingerprint density at radius 1 is 1.23 bits per heavy atom. The molecule has 2 heterocycles. The lowest BCUT2D eigenvalue weighted by molar-refractivity contribution is -0.137. The van der Waals surface area contributed by atoms with Gasteiger partial charge in [-0.1, -0.05) is 30.3 Å². The van der Waals surface area contributed by atoms with E-state index in [1.54, 1.807) is 0 Å². The Balaban J connectivity index is 1.61. The van der Waals surface area contributed by atoms with Crippen molar-refractivity contribution in [2.75, 3.05) is 19.6 Å². The molecule has 0 spiro atoms. The molecule has 0 unspecified atom stereocenters. The smallest absolute Gasteiger partial charge is 0.226 e. The number of carbonyl (C=O) groups is 1. The topological polar surface area (TPSA) is 52.6 Å². The molecule has 3 rings (SSSR count). The monoisotopic (exact) mass is 302 g/mol. The van der Waals surface area contributed by atoms with Gasteiger partial charge in [-0.25, -0.2) is 0 Å². The van der Waals surface area contributed by atoms with Crippen LogP contribution in [0.25, 0.3) is 0 Å². The van der Waals surface area contributed by atoms with Crippen LogP contribution in [0.5, 0.6) is 0 Å². The summed E-state index contributed by atoms with van der Waals surface area (Å²) in [4.78, 5) is 14.8. The van der Waals surface area contributed by atoms with Crippen molar-refractivity contribution in [3.8, 4) is 0 Å². The van der Waals surface area contributed by atoms with E-state index in [9.17, 15) is 9.90 Å². The predicted molar refractivity (Wildman–Crippen MR) is 86.3 cm³/mol. The molecule has 2 fully saturated rings. The van der Waals surface area contributed by atoms with Crippen LogP contribution in [0.3, 0.4) is 0 Å². The van der Waals surface area contributed by atoms with Crippen molar-refractivity contribution in [2.24, 2.45) is 5.92 Å². The number of likely N-dealkylation sites (tertiary alicyclic amines) is 1. The molecule has 0 radical (unpaired) electrons. The maximum absolute atomic E-state index is 12.7. The highest BCUT2D eigenvalue weighted by Crippen LogP contribution is 2.29. The lowest BCUT2D eigenvalue weighted by Gasteiger charge is -2.32. The van der Waals surface area contributed by atoms with E-state index in [0.717, 1.165) is 50.9 Å². The molecular formula is C18H26N2O2. The van der Waals surface area contributed by atoms with Gasteiger partial charge in [-0.15, -0.1) is 0 Å². The Labute approximate surface area is 132 Å². The second kappa shape index (κ2) is 7.25. The lowest BCUT2D eigenvalue weighted by atomic mass is 9.95. The van der Waals surface area contributed by atoms with Crippen LogP contribution in [-0.4, -0.2) is 41.6 Å². The van der Waals surface area contributed by atoms with Crippen molar-refractivity contribution < 1.29 is 9.90 Å². The lowest BCUT2D eigenvalue weighted by Crippen LogP contribution is -2.43. The van der Waals surface area contributed by atoms with Crippen molar-refractivity contribution >= 4 is 5.91 Å². The largest absolute Gasteiger partial charge is 0.388 e. The van der Waals surface area contributed by atoms with E-state index in [0.29, 0.717) is 12.3 Å². The number of carbonyl (C=O) groups excluding carboxylic acids is 1. The fourth-order valence-corrected chi connectivity index (χ4v) is 3.74. The zero-order valence-electron chi connectivity index (χ0n) is 13.1. The van der Waals surface area contributed by atoms with Crippen LogP contribution in [0.1, 0.15) is 43.8 Å². The van der Waals surface area contributed by atoms with E-state index < -0.39 is 6.10 Å². The minimum atomic E-state index is -0.479. The van der Waals surface area contributed by atoms with Crippen molar-refractivity contribution in [3.63, 3.8) is 0 Å². The first-order chi connectivity index (χ1) is 10.8. The molecular weight excluding hydrogens is 276 g/mol. The molecule has 2 aliphatic heterocycles. The van der Waals surface area contributed by atoms with Crippen LogP contribution in [0.15, 0.2) is 30.3 Å². The maximum Gasteiger partial charge on any atom is 0.226 e. The van der Waals surface area contributed by atoms with E-state index in [1.165, 1.54) is 0 Å². The third-order valence-corrected chi connectivity index (χ3v) is 5.03. The molecule has 0 aliphatic carbocycles. The van der Waals surface area contributed by atoms with Crippen LogP contribution < -0.4 is 5.32 Å². The summed E-state index contributed by atoms with van der Waals surface area (Å²) in [5.41, 5.74) is 0.948. The molecule has 0 aromatic heterocycles. The van der Waals surface area contributed by atoms with Crippen LogP contribution in [0.4, 0.5) is 0 Å². The molecule has 2 aliphatic rings. The van der Waals surface area contributed by atoms with Gasteiger partial charge >= 0.3 is 0 Å². The van der Waals surface area contributed by atoms with Crippen molar-refractivity contribution in [1.82, 2.24) is 10.2 Å². The van der Waals surface area contributed by atoms with Crippen molar-refractivity contribution in [2.45, 2.75) is 44.2 Å². The standard InChI is InChI=1S/C18H26N2O2/c21-17(14-5-2-1-3-6-14)13-16-7-4-12-20(16)18(22)15-8-10-19-11-9-15/h1-3,5-6,15-17,19,21H,4,7-13H2/t16-,17-/m1/s1. The quantitative estimate of drug-likeness (QED) is 0.895. The van der Waals surface area contributed by atoms with Gasteiger partial charge in [0.05, 0.1) is 6.10 Å². The Morgan fingerprint density at radius 2 is 1.95 bits per heavy atom. The van der Waals surface area contributed by atoms with Crippen LogP contribution in [-0.2, 0) is 4.79 Å². The molecule has 2 saturated heterocycles. The number of hydrogen-bond acceptors (Lipinski definition) is 3. The van der Waals surface area contributed by atoms with E-state index in [1.807, 2.05) is 35.2 Å². The fourth-order valence-electron chi connectivity index (χ4n) is 3.74. The summed E-state index contributed by atoms with van der Waals surface area (Å²) >= 11 is 0. The predicted octanol–water partition coefficient (Wildman–Crippen LogP) is 2.10. The Hall–Kier alpha value is -1.39. The molecule has 1 aromatic carbocycles.